The summed E-state index contributed by atoms with van der Waals surface area (Å²) in [6, 6.07) is -1.59. The van der Waals surface area contributed by atoms with Gasteiger partial charge in [-0.3, -0.25) is 10.2 Å². The lowest BCUT2D eigenvalue weighted by molar-refractivity contribution is -0.202. The number of hydrogen-bond donors (Lipinski definition) is 1. The van der Waals surface area contributed by atoms with Crippen molar-refractivity contribution in [2.75, 3.05) is 0 Å². The Morgan fingerprint density at radius 3 is 2.24 bits per heavy atom. The normalized spacial score (nSPS) is 20.6. The standard InChI is InChI=1S/C15H27F3N2O/c1-4-5-6-7-8-9-10-12(15(16,17)18)20-14(2,3)11-13(21)19-20/h12H,4-11H2,1-3H3,(H,19,21). The molecule has 0 aliphatic carbocycles. The van der Waals surface area contributed by atoms with Crippen LogP contribution < -0.4 is 5.43 Å². The van der Waals surface area contributed by atoms with Crippen LogP contribution in [0, 0.1) is 0 Å². The highest BCUT2D eigenvalue weighted by molar-refractivity contribution is 5.78. The van der Waals surface area contributed by atoms with Crippen LogP contribution in [0.25, 0.3) is 0 Å². The topological polar surface area (TPSA) is 32.3 Å². The zero-order valence-electron chi connectivity index (χ0n) is 13.2. The van der Waals surface area contributed by atoms with Gasteiger partial charge in [-0.15, -0.1) is 0 Å². The summed E-state index contributed by atoms with van der Waals surface area (Å²) in [6.07, 6.45) is 1.50. The second-order valence-electron chi connectivity index (χ2n) is 6.51. The van der Waals surface area contributed by atoms with Crippen LogP contribution in [0.3, 0.4) is 0 Å². The first-order chi connectivity index (χ1) is 9.68. The molecule has 1 heterocycles. The van der Waals surface area contributed by atoms with Gasteiger partial charge in [0.15, 0.2) is 0 Å². The van der Waals surface area contributed by atoms with Crippen LogP contribution in [0.1, 0.15) is 72.1 Å². The van der Waals surface area contributed by atoms with Crippen molar-refractivity contribution in [2.45, 2.75) is 89.9 Å². The summed E-state index contributed by atoms with van der Waals surface area (Å²) < 4.78 is 39.8. The molecule has 1 aliphatic rings. The van der Waals surface area contributed by atoms with E-state index in [1.165, 1.54) is 0 Å². The predicted octanol–water partition coefficient (Wildman–Crippen LogP) is 4.18. The van der Waals surface area contributed by atoms with Crippen LogP contribution in [0.2, 0.25) is 0 Å². The average molecular weight is 308 g/mol. The van der Waals surface area contributed by atoms with Crippen LogP contribution in [-0.4, -0.2) is 28.7 Å². The monoisotopic (exact) mass is 308 g/mol. The van der Waals surface area contributed by atoms with Gasteiger partial charge in [-0.05, 0) is 20.3 Å². The molecule has 0 spiro atoms. The van der Waals surface area contributed by atoms with Crippen molar-refractivity contribution < 1.29 is 18.0 Å². The summed E-state index contributed by atoms with van der Waals surface area (Å²) in [4.78, 5) is 11.4. The molecule has 0 bridgehead atoms. The maximum absolute atomic E-state index is 13.3. The molecule has 1 saturated heterocycles. The first-order valence-corrected chi connectivity index (χ1v) is 7.84. The molecule has 21 heavy (non-hydrogen) atoms. The number of nitrogens with zero attached hydrogens (tertiary/aromatic N) is 1. The van der Waals surface area contributed by atoms with E-state index < -0.39 is 17.8 Å². The molecule has 6 heteroatoms. The van der Waals surface area contributed by atoms with E-state index >= 15 is 0 Å². The van der Waals surface area contributed by atoms with Crippen molar-refractivity contribution in [1.82, 2.24) is 10.4 Å². The number of rotatable bonds is 8. The van der Waals surface area contributed by atoms with Gasteiger partial charge in [0.25, 0.3) is 0 Å². The van der Waals surface area contributed by atoms with E-state index in [0.29, 0.717) is 6.42 Å². The Bertz CT molecular complexity index is 342. The van der Waals surface area contributed by atoms with Gasteiger partial charge < -0.3 is 0 Å². The van der Waals surface area contributed by atoms with Gasteiger partial charge in [-0.25, -0.2) is 5.01 Å². The molecule has 0 saturated carbocycles. The Morgan fingerprint density at radius 2 is 1.76 bits per heavy atom. The molecule has 0 aromatic rings. The molecule has 1 fully saturated rings. The molecule has 1 rings (SSSR count). The number of halogens is 3. The smallest absolute Gasteiger partial charge is 0.288 e. The molecular formula is C15H27F3N2O. The van der Waals surface area contributed by atoms with E-state index in [-0.39, 0.29) is 18.7 Å². The third-order valence-corrected chi connectivity index (χ3v) is 4.01. The molecule has 1 N–H and O–H groups in total. The minimum absolute atomic E-state index is 0.0410. The maximum atomic E-state index is 13.3. The minimum Gasteiger partial charge on any atom is -0.288 e. The van der Waals surface area contributed by atoms with E-state index in [2.05, 4.69) is 12.3 Å². The van der Waals surface area contributed by atoms with Gasteiger partial charge in [0.05, 0.1) is 0 Å². The number of unbranched alkanes of at least 4 members (excludes halogenated alkanes) is 5. The van der Waals surface area contributed by atoms with Gasteiger partial charge in [-0.2, -0.15) is 13.2 Å². The first-order valence-electron chi connectivity index (χ1n) is 7.84. The molecule has 1 atom stereocenters. The second-order valence-corrected chi connectivity index (χ2v) is 6.51. The fourth-order valence-corrected chi connectivity index (χ4v) is 2.86. The van der Waals surface area contributed by atoms with Crippen molar-refractivity contribution in [1.29, 1.82) is 0 Å². The number of hydrogen-bond acceptors (Lipinski definition) is 2. The lowest BCUT2D eigenvalue weighted by atomic mass is 9.97. The Morgan fingerprint density at radius 1 is 1.19 bits per heavy atom. The Hall–Kier alpha value is -0.780. The van der Waals surface area contributed by atoms with Gasteiger partial charge in [-0.1, -0.05) is 45.4 Å². The third kappa shape index (κ3) is 5.49. The minimum atomic E-state index is -4.32. The van der Waals surface area contributed by atoms with Gasteiger partial charge in [0.1, 0.15) is 6.04 Å². The highest BCUT2D eigenvalue weighted by Gasteiger charge is 2.51. The van der Waals surface area contributed by atoms with Gasteiger partial charge >= 0.3 is 6.18 Å². The molecule has 0 aromatic heterocycles. The van der Waals surface area contributed by atoms with Gasteiger partial charge in [0.2, 0.25) is 5.91 Å². The maximum Gasteiger partial charge on any atom is 0.405 e. The summed E-state index contributed by atoms with van der Waals surface area (Å²) in [5, 5.41) is 1.11. The Kier molecular flexibility index (Phi) is 6.50. The summed E-state index contributed by atoms with van der Waals surface area (Å²) in [5.74, 6) is -0.336. The van der Waals surface area contributed by atoms with Crippen LogP contribution in [0.15, 0.2) is 0 Å². The van der Waals surface area contributed by atoms with Crippen LogP contribution in [-0.2, 0) is 4.79 Å². The molecule has 0 radical (unpaired) electrons. The Labute approximate surface area is 125 Å². The zero-order chi connectivity index (χ0) is 16.1. The molecule has 1 aliphatic heterocycles. The summed E-state index contributed by atoms with van der Waals surface area (Å²) in [6.45, 7) is 5.45. The summed E-state index contributed by atoms with van der Waals surface area (Å²) >= 11 is 0. The lowest BCUT2D eigenvalue weighted by Crippen LogP contribution is -2.56. The van der Waals surface area contributed by atoms with Crippen LogP contribution >= 0.6 is 0 Å². The second kappa shape index (κ2) is 7.47. The number of carbonyl (C=O) groups is 1. The summed E-state index contributed by atoms with van der Waals surface area (Å²) in [7, 11) is 0. The highest BCUT2D eigenvalue weighted by Crippen LogP contribution is 2.35. The molecular weight excluding hydrogens is 281 g/mol. The average Bonchev–Trinajstić information content (AvgIpc) is 2.59. The first kappa shape index (κ1) is 18.3. The molecule has 0 aromatic carbocycles. The van der Waals surface area contributed by atoms with Crippen LogP contribution in [0.5, 0.6) is 0 Å². The number of alkyl halides is 3. The van der Waals surface area contributed by atoms with Crippen LogP contribution in [0.4, 0.5) is 13.2 Å². The quantitative estimate of drug-likeness (QED) is 0.682. The van der Waals surface area contributed by atoms with E-state index in [0.717, 1.165) is 37.1 Å². The van der Waals surface area contributed by atoms with Crippen molar-refractivity contribution in [3.63, 3.8) is 0 Å². The number of amides is 1. The van der Waals surface area contributed by atoms with Crippen molar-refractivity contribution in [3.05, 3.63) is 0 Å². The Balaban J connectivity index is 2.55. The number of hydrazine groups is 1. The molecule has 124 valence electrons. The lowest BCUT2D eigenvalue weighted by Gasteiger charge is -2.37. The summed E-state index contributed by atoms with van der Waals surface area (Å²) in [5.41, 5.74) is 1.59. The molecule has 3 nitrogen and oxygen atoms in total. The number of nitrogens with one attached hydrogen (secondary N) is 1. The van der Waals surface area contributed by atoms with E-state index in [9.17, 15) is 18.0 Å². The number of carbonyl (C=O) groups excluding carboxylic acids is 1. The van der Waals surface area contributed by atoms with E-state index in [1.54, 1.807) is 13.8 Å². The van der Waals surface area contributed by atoms with Crippen molar-refractivity contribution in [3.8, 4) is 0 Å². The fourth-order valence-electron chi connectivity index (χ4n) is 2.86. The van der Waals surface area contributed by atoms with E-state index in [4.69, 9.17) is 0 Å². The predicted molar refractivity (Wildman–Crippen MR) is 76.5 cm³/mol. The fraction of sp³-hybridized carbons (Fsp3) is 0.933. The third-order valence-electron chi connectivity index (χ3n) is 4.01. The SMILES string of the molecule is CCCCCCCCC(N1NC(=O)CC1(C)C)C(F)(F)F. The zero-order valence-corrected chi connectivity index (χ0v) is 13.2. The largest absolute Gasteiger partial charge is 0.405 e. The van der Waals surface area contributed by atoms with Gasteiger partial charge in [0, 0.05) is 12.0 Å². The highest BCUT2D eigenvalue weighted by atomic mass is 19.4. The van der Waals surface area contributed by atoms with Crippen molar-refractivity contribution in [2.24, 2.45) is 0 Å². The van der Waals surface area contributed by atoms with E-state index in [1.807, 2.05) is 0 Å². The van der Waals surface area contributed by atoms with Crippen molar-refractivity contribution >= 4 is 5.91 Å². The molecule has 1 amide bonds. The molecule has 1 unspecified atom stereocenters.